The van der Waals surface area contributed by atoms with Crippen molar-refractivity contribution in [3.8, 4) is 5.75 Å². The van der Waals surface area contributed by atoms with Crippen LogP contribution in [0.1, 0.15) is 19.4 Å². The van der Waals surface area contributed by atoms with Crippen LogP contribution in [0.4, 0.5) is 13.2 Å². The molecule has 1 aromatic rings. The van der Waals surface area contributed by atoms with Gasteiger partial charge in [0.15, 0.2) is 0 Å². The molecular weight excluding hydrogens is 243 g/mol. The first-order valence-electron chi connectivity index (χ1n) is 5.92. The smallest absolute Gasteiger partial charge is 0.406 e. The maximum Gasteiger partial charge on any atom is 0.573 e. The highest BCUT2D eigenvalue weighted by Crippen LogP contribution is 2.22. The monoisotopic (exact) mass is 261 g/mol. The Morgan fingerprint density at radius 2 is 1.78 bits per heavy atom. The molecule has 0 aromatic heterocycles. The standard InChI is InChI=1S/C13H18F3NO/c1-10(2)9-17-8-7-11-3-5-12(6-4-11)18-13(14,15)16/h3-6,10,17H,7-9H2,1-2H3. The second-order valence-electron chi connectivity index (χ2n) is 4.54. The Morgan fingerprint density at radius 3 is 2.28 bits per heavy atom. The molecule has 0 fully saturated rings. The maximum absolute atomic E-state index is 11.9. The van der Waals surface area contributed by atoms with Gasteiger partial charge in [-0.3, -0.25) is 0 Å². The molecule has 0 bridgehead atoms. The zero-order valence-corrected chi connectivity index (χ0v) is 10.6. The minimum Gasteiger partial charge on any atom is -0.406 e. The zero-order chi connectivity index (χ0) is 13.6. The molecule has 1 N–H and O–H groups in total. The molecule has 0 unspecified atom stereocenters. The third-order valence-electron chi connectivity index (χ3n) is 2.30. The summed E-state index contributed by atoms with van der Waals surface area (Å²) in [5, 5.41) is 3.27. The van der Waals surface area contributed by atoms with Crippen LogP contribution in [-0.4, -0.2) is 19.5 Å². The van der Waals surface area contributed by atoms with Crippen LogP contribution < -0.4 is 10.1 Å². The van der Waals surface area contributed by atoms with Gasteiger partial charge in [0, 0.05) is 0 Å². The van der Waals surface area contributed by atoms with E-state index >= 15 is 0 Å². The fourth-order valence-corrected chi connectivity index (χ4v) is 1.48. The van der Waals surface area contributed by atoms with Crippen molar-refractivity contribution in [2.45, 2.75) is 26.6 Å². The van der Waals surface area contributed by atoms with Gasteiger partial charge in [0.2, 0.25) is 0 Å². The molecule has 0 aliphatic rings. The van der Waals surface area contributed by atoms with Crippen molar-refractivity contribution in [3.05, 3.63) is 29.8 Å². The third kappa shape index (κ3) is 6.49. The Morgan fingerprint density at radius 1 is 1.17 bits per heavy atom. The lowest BCUT2D eigenvalue weighted by atomic mass is 10.1. The van der Waals surface area contributed by atoms with Crippen LogP contribution in [0.25, 0.3) is 0 Å². The predicted octanol–water partition coefficient (Wildman–Crippen LogP) is 3.37. The van der Waals surface area contributed by atoms with Gasteiger partial charge in [-0.2, -0.15) is 0 Å². The largest absolute Gasteiger partial charge is 0.573 e. The lowest BCUT2D eigenvalue weighted by Crippen LogP contribution is -2.22. The van der Waals surface area contributed by atoms with Gasteiger partial charge in [-0.1, -0.05) is 26.0 Å². The minimum atomic E-state index is -4.62. The second-order valence-corrected chi connectivity index (χ2v) is 4.54. The average Bonchev–Trinajstić information content (AvgIpc) is 2.24. The first kappa shape index (κ1) is 14.8. The topological polar surface area (TPSA) is 21.3 Å². The molecule has 0 aliphatic carbocycles. The lowest BCUT2D eigenvalue weighted by molar-refractivity contribution is -0.274. The van der Waals surface area contributed by atoms with Crippen molar-refractivity contribution in [2.24, 2.45) is 5.92 Å². The predicted molar refractivity (Wildman–Crippen MR) is 64.5 cm³/mol. The van der Waals surface area contributed by atoms with Crippen molar-refractivity contribution in [2.75, 3.05) is 13.1 Å². The molecule has 0 atom stereocenters. The van der Waals surface area contributed by atoms with Crippen molar-refractivity contribution in [1.82, 2.24) is 5.32 Å². The van der Waals surface area contributed by atoms with E-state index in [1.165, 1.54) is 12.1 Å². The van der Waals surface area contributed by atoms with Crippen LogP contribution >= 0.6 is 0 Å². The summed E-state index contributed by atoms with van der Waals surface area (Å²) in [6, 6.07) is 5.98. The number of hydrogen-bond acceptors (Lipinski definition) is 2. The van der Waals surface area contributed by atoms with E-state index in [0.29, 0.717) is 5.92 Å². The second kappa shape index (κ2) is 6.64. The number of halogens is 3. The van der Waals surface area contributed by atoms with Gasteiger partial charge >= 0.3 is 6.36 Å². The summed E-state index contributed by atoms with van der Waals surface area (Å²) < 4.78 is 39.6. The summed E-state index contributed by atoms with van der Waals surface area (Å²) >= 11 is 0. The van der Waals surface area contributed by atoms with Gasteiger partial charge in [0.1, 0.15) is 5.75 Å². The van der Waals surface area contributed by atoms with Gasteiger partial charge in [-0.25, -0.2) is 0 Å². The van der Waals surface area contributed by atoms with Crippen LogP contribution in [-0.2, 0) is 6.42 Å². The average molecular weight is 261 g/mol. The van der Waals surface area contributed by atoms with Crippen LogP contribution in [0.15, 0.2) is 24.3 Å². The Balaban J connectivity index is 2.36. The highest BCUT2D eigenvalue weighted by atomic mass is 19.4. The zero-order valence-electron chi connectivity index (χ0n) is 10.6. The molecule has 0 heterocycles. The molecule has 1 rings (SSSR count). The number of hydrogen-bond donors (Lipinski definition) is 1. The normalized spacial score (nSPS) is 11.9. The molecule has 0 saturated heterocycles. The molecule has 0 radical (unpaired) electrons. The fourth-order valence-electron chi connectivity index (χ4n) is 1.48. The van der Waals surface area contributed by atoms with Gasteiger partial charge in [-0.15, -0.1) is 13.2 Å². The van der Waals surface area contributed by atoms with Crippen LogP contribution in [0, 0.1) is 5.92 Å². The van der Waals surface area contributed by atoms with E-state index in [-0.39, 0.29) is 5.75 Å². The van der Waals surface area contributed by atoms with Gasteiger partial charge < -0.3 is 10.1 Å². The highest BCUT2D eigenvalue weighted by molar-refractivity contribution is 5.27. The third-order valence-corrected chi connectivity index (χ3v) is 2.30. The summed E-state index contributed by atoms with van der Waals surface area (Å²) in [5.41, 5.74) is 0.987. The Bertz CT molecular complexity index is 346. The van der Waals surface area contributed by atoms with Gasteiger partial charge in [0.25, 0.3) is 0 Å². The molecule has 1 aromatic carbocycles. The maximum atomic E-state index is 11.9. The molecule has 0 amide bonds. The summed E-state index contributed by atoms with van der Waals surface area (Å²) in [7, 11) is 0. The van der Waals surface area contributed by atoms with E-state index in [1.54, 1.807) is 12.1 Å². The summed E-state index contributed by atoms with van der Waals surface area (Å²) in [6.07, 6.45) is -3.83. The van der Waals surface area contributed by atoms with Crippen molar-refractivity contribution >= 4 is 0 Å². The van der Waals surface area contributed by atoms with E-state index in [1.807, 2.05) is 0 Å². The molecule has 18 heavy (non-hydrogen) atoms. The van der Waals surface area contributed by atoms with Crippen LogP contribution in [0.2, 0.25) is 0 Å². The van der Waals surface area contributed by atoms with Gasteiger partial charge in [-0.05, 0) is 43.1 Å². The quantitative estimate of drug-likeness (QED) is 0.793. The lowest BCUT2D eigenvalue weighted by Gasteiger charge is -2.10. The molecule has 0 saturated carbocycles. The Hall–Kier alpha value is -1.23. The first-order chi connectivity index (χ1) is 8.37. The van der Waals surface area contributed by atoms with Crippen molar-refractivity contribution in [3.63, 3.8) is 0 Å². The summed E-state index contributed by atoms with van der Waals surface area (Å²) in [4.78, 5) is 0. The van der Waals surface area contributed by atoms with E-state index in [4.69, 9.17) is 0 Å². The van der Waals surface area contributed by atoms with E-state index < -0.39 is 6.36 Å². The van der Waals surface area contributed by atoms with Gasteiger partial charge in [0.05, 0.1) is 0 Å². The number of alkyl halides is 3. The number of ether oxygens (including phenoxy) is 1. The minimum absolute atomic E-state index is 0.179. The Kier molecular flexibility index (Phi) is 5.47. The molecule has 0 aliphatic heterocycles. The van der Waals surface area contributed by atoms with Crippen LogP contribution in [0.5, 0.6) is 5.75 Å². The number of rotatable bonds is 6. The highest BCUT2D eigenvalue weighted by Gasteiger charge is 2.30. The SMILES string of the molecule is CC(C)CNCCc1ccc(OC(F)(F)F)cc1. The fraction of sp³-hybridized carbons (Fsp3) is 0.538. The Labute approximate surface area is 105 Å². The molecule has 0 spiro atoms. The van der Waals surface area contributed by atoms with Crippen LogP contribution in [0.3, 0.4) is 0 Å². The summed E-state index contributed by atoms with van der Waals surface area (Å²) in [5.74, 6) is 0.411. The molecule has 5 heteroatoms. The molecule has 2 nitrogen and oxygen atoms in total. The molecule has 102 valence electrons. The van der Waals surface area contributed by atoms with E-state index in [0.717, 1.165) is 25.1 Å². The van der Waals surface area contributed by atoms with E-state index in [9.17, 15) is 13.2 Å². The molecular formula is C13H18F3NO. The number of benzene rings is 1. The first-order valence-corrected chi connectivity index (χ1v) is 5.92. The van der Waals surface area contributed by atoms with Crippen molar-refractivity contribution < 1.29 is 17.9 Å². The van der Waals surface area contributed by atoms with Crippen molar-refractivity contribution in [1.29, 1.82) is 0 Å². The van der Waals surface area contributed by atoms with E-state index in [2.05, 4.69) is 23.9 Å². The number of nitrogens with one attached hydrogen (secondary N) is 1. The summed E-state index contributed by atoms with van der Waals surface area (Å²) in [6.45, 7) is 6.00.